The molecule has 1 heterocycles. The standard InChI is InChI=1S/C21H19NO6S2/c1-3-15(20(25)26)28-16-8-7-12(9-17(16)27-2)10-18-19(24)22(21(29)30-18)13-5-4-6-14(23)11-13/h4-11,15,23H,3H2,1-2H3,(H,25,26)/b18-10+. The summed E-state index contributed by atoms with van der Waals surface area (Å²) >= 11 is 6.49. The lowest BCUT2D eigenvalue weighted by atomic mass is 10.1. The maximum atomic E-state index is 12.9. The number of carboxylic acids is 1. The number of aromatic hydroxyl groups is 1. The molecule has 156 valence electrons. The average Bonchev–Trinajstić information content (AvgIpc) is 2.99. The third kappa shape index (κ3) is 4.58. The molecule has 1 aliphatic rings. The van der Waals surface area contributed by atoms with Crippen LogP contribution in [-0.2, 0) is 9.59 Å². The quantitative estimate of drug-likeness (QED) is 0.487. The first-order valence-electron chi connectivity index (χ1n) is 8.98. The number of nitrogens with zero attached hydrogens (tertiary/aromatic N) is 1. The number of methoxy groups -OCH3 is 1. The Balaban J connectivity index is 1.87. The fraction of sp³-hybridized carbons (Fsp3) is 0.190. The fourth-order valence-corrected chi connectivity index (χ4v) is 4.11. The van der Waals surface area contributed by atoms with E-state index in [1.165, 1.54) is 24.1 Å². The SMILES string of the molecule is CCC(Oc1ccc(/C=C2/SC(=S)N(c3cccc(O)c3)C2=O)cc1OC)C(=O)O. The molecular formula is C21H19NO6S2. The molecule has 3 rings (SSSR count). The third-order valence-electron chi connectivity index (χ3n) is 4.28. The van der Waals surface area contributed by atoms with Gasteiger partial charge in [0, 0.05) is 6.07 Å². The lowest BCUT2D eigenvalue weighted by Crippen LogP contribution is -2.27. The number of aliphatic carboxylic acids is 1. The zero-order valence-corrected chi connectivity index (χ0v) is 17.8. The van der Waals surface area contributed by atoms with E-state index in [-0.39, 0.29) is 11.7 Å². The molecular weight excluding hydrogens is 426 g/mol. The van der Waals surface area contributed by atoms with Crippen molar-refractivity contribution in [3.05, 3.63) is 52.9 Å². The molecule has 2 N–H and O–H groups in total. The van der Waals surface area contributed by atoms with Crippen molar-refractivity contribution in [3.63, 3.8) is 0 Å². The van der Waals surface area contributed by atoms with Crippen molar-refractivity contribution in [1.29, 1.82) is 0 Å². The minimum absolute atomic E-state index is 0.0394. The highest BCUT2D eigenvalue weighted by Gasteiger charge is 2.33. The van der Waals surface area contributed by atoms with Crippen LogP contribution in [0.2, 0.25) is 0 Å². The zero-order valence-electron chi connectivity index (χ0n) is 16.2. The molecule has 0 aromatic heterocycles. The Kier molecular flexibility index (Phi) is 6.63. The Morgan fingerprint density at radius 3 is 2.67 bits per heavy atom. The maximum Gasteiger partial charge on any atom is 0.344 e. The summed E-state index contributed by atoms with van der Waals surface area (Å²) in [5.41, 5.74) is 1.15. The summed E-state index contributed by atoms with van der Waals surface area (Å²) in [6, 6.07) is 11.3. The molecule has 2 aromatic rings. The lowest BCUT2D eigenvalue weighted by Gasteiger charge is -2.16. The summed E-state index contributed by atoms with van der Waals surface area (Å²) in [4.78, 5) is 25.9. The number of carbonyl (C=O) groups is 2. The molecule has 0 aliphatic carbocycles. The van der Waals surface area contributed by atoms with Gasteiger partial charge in [-0.2, -0.15) is 0 Å². The van der Waals surface area contributed by atoms with E-state index >= 15 is 0 Å². The summed E-state index contributed by atoms with van der Waals surface area (Å²) < 4.78 is 11.2. The van der Waals surface area contributed by atoms with Crippen LogP contribution in [0.25, 0.3) is 6.08 Å². The van der Waals surface area contributed by atoms with E-state index in [1.54, 1.807) is 43.3 Å². The first-order valence-corrected chi connectivity index (χ1v) is 10.2. The number of hydrogen-bond donors (Lipinski definition) is 2. The first-order chi connectivity index (χ1) is 14.3. The van der Waals surface area contributed by atoms with E-state index in [2.05, 4.69) is 0 Å². The van der Waals surface area contributed by atoms with Crippen LogP contribution in [-0.4, -0.2) is 39.6 Å². The molecule has 2 aromatic carbocycles. The van der Waals surface area contributed by atoms with Gasteiger partial charge in [-0.05, 0) is 42.3 Å². The first kappa shape index (κ1) is 21.7. The van der Waals surface area contributed by atoms with Gasteiger partial charge in [0.2, 0.25) is 0 Å². The van der Waals surface area contributed by atoms with Gasteiger partial charge in [-0.3, -0.25) is 9.69 Å². The van der Waals surface area contributed by atoms with E-state index in [9.17, 15) is 19.8 Å². The number of carbonyl (C=O) groups excluding carboxylic acids is 1. The molecule has 0 saturated carbocycles. The number of rotatable bonds is 7. The summed E-state index contributed by atoms with van der Waals surface area (Å²) in [6.07, 6.45) is 0.990. The van der Waals surface area contributed by atoms with Crippen molar-refractivity contribution < 1.29 is 29.3 Å². The number of phenolic OH excluding ortho intramolecular Hbond substituents is 1. The number of thioether (sulfide) groups is 1. The molecule has 1 unspecified atom stereocenters. The van der Waals surface area contributed by atoms with Crippen LogP contribution in [0.1, 0.15) is 18.9 Å². The Morgan fingerprint density at radius 2 is 2.03 bits per heavy atom. The van der Waals surface area contributed by atoms with Crippen LogP contribution in [0.5, 0.6) is 17.2 Å². The van der Waals surface area contributed by atoms with Gasteiger partial charge in [-0.1, -0.05) is 43.0 Å². The number of carboxylic acid groups (broad SMARTS) is 1. The van der Waals surface area contributed by atoms with E-state index in [1.807, 2.05) is 0 Å². The second-order valence-electron chi connectivity index (χ2n) is 6.30. The fourth-order valence-electron chi connectivity index (χ4n) is 2.81. The lowest BCUT2D eigenvalue weighted by molar-refractivity contribution is -0.145. The van der Waals surface area contributed by atoms with Crippen molar-refractivity contribution in [2.75, 3.05) is 12.0 Å². The van der Waals surface area contributed by atoms with Crippen LogP contribution in [0.15, 0.2) is 47.4 Å². The van der Waals surface area contributed by atoms with Crippen molar-refractivity contribution in [1.82, 2.24) is 0 Å². The summed E-state index contributed by atoms with van der Waals surface area (Å²) in [5.74, 6) is -0.660. The van der Waals surface area contributed by atoms with Crippen LogP contribution >= 0.6 is 24.0 Å². The molecule has 7 nitrogen and oxygen atoms in total. The number of amides is 1. The Hall–Kier alpha value is -3.04. The molecule has 0 bridgehead atoms. The van der Waals surface area contributed by atoms with Crippen LogP contribution < -0.4 is 14.4 Å². The van der Waals surface area contributed by atoms with Gasteiger partial charge in [0.25, 0.3) is 5.91 Å². The summed E-state index contributed by atoms with van der Waals surface area (Å²) in [5, 5.41) is 18.9. The minimum Gasteiger partial charge on any atom is -0.508 e. The molecule has 1 amide bonds. The molecule has 1 saturated heterocycles. The second kappa shape index (κ2) is 9.19. The number of benzene rings is 2. The van der Waals surface area contributed by atoms with Crippen LogP contribution in [0.4, 0.5) is 5.69 Å². The normalized spacial score (nSPS) is 16.1. The number of phenols is 1. The van der Waals surface area contributed by atoms with E-state index in [4.69, 9.17) is 21.7 Å². The molecule has 0 radical (unpaired) electrons. The summed E-state index contributed by atoms with van der Waals surface area (Å²) in [6.45, 7) is 1.72. The van der Waals surface area contributed by atoms with E-state index in [0.717, 1.165) is 11.8 Å². The highest BCUT2D eigenvalue weighted by molar-refractivity contribution is 8.27. The molecule has 9 heteroatoms. The number of ether oxygens (including phenoxy) is 2. The van der Waals surface area contributed by atoms with Crippen LogP contribution in [0.3, 0.4) is 0 Å². The van der Waals surface area contributed by atoms with Crippen molar-refractivity contribution in [3.8, 4) is 17.2 Å². The van der Waals surface area contributed by atoms with Crippen molar-refractivity contribution in [2.45, 2.75) is 19.4 Å². The molecule has 1 atom stereocenters. The monoisotopic (exact) mass is 445 g/mol. The van der Waals surface area contributed by atoms with E-state index < -0.39 is 12.1 Å². The Labute approximate surface area is 182 Å². The smallest absolute Gasteiger partial charge is 0.344 e. The predicted molar refractivity (Wildman–Crippen MR) is 119 cm³/mol. The van der Waals surface area contributed by atoms with Gasteiger partial charge in [-0.15, -0.1) is 0 Å². The molecule has 0 spiro atoms. The molecule has 1 fully saturated rings. The Bertz CT molecular complexity index is 1040. The summed E-state index contributed by atoms with van der Waals surface area (Å²) in [7, 11) is 1.45. The van der Waals surface area contributed by atoms with Gasteiger partial charge in [0.05, 0.1) is 17.7 Å². The van der Waals surface area contributed by atoms with Gasteiger partial charge < -0.3 is 19.7 Å². The predicted octanol–water partition coefficient (Wildman–Crippen LogP) is 4.05. The van der Waals surface area contributed by atoms with Gasteiger partial charge in [0.1, 0.15) is 5.75 Å². The van der Waals surface area contributed by atoms with Gasteiger partial charge in [0.15, 0.2) is 21.9 Å². The second-order valence-corrected chi connectivity index (χ2v) is 7.98. The maximum absolute atomic E-state index is 12.9. The van der Waals surface area contributed by atoms with Crippen molar-refractivity contribution >= 4 is 51.9 Å². The van der Waals surface area contributed by atoms with Gasteiger partial charge >= 0.3 is 5.97 Å². The number of thiocarbonyl (C=S) groups is 1. The molecule has 30 heavy (non-hydrogen) atoms. The highest BCUT2D eigenvalue weighted by atomic mass is 32.2. The number of hydrogen-bond acceptors (Lipinski definition) is 7. The van der Waals surface area contributed by atoms with Crippen LogP contribution in [0, 0.1) is 0 Å². The number of anilines is 1. The van der Waals surface area contributed by atoms with E-state index in [0.29, 0.717) is 38.4 Å². The van der Waals surface area contributed by atoms with Gasteiger partial charge in [-0.25, -0.2) is 4.79 Å². The highest BCUT2D eigenvalue weighted by Crippen LogP contribution is 2.38. The Morgan fingerprint density at radius 1 is 1.27 bits per heavy atom. The average molecular weight is 446 g/mol. The zero-order chi connectivity index (χ0) is 21.8. The minimum atomic E-state index is -1.06. The molecule has 1 aliphatic heterocycles. The topological polar surface area (TPSA) is 96.3 Å². The largest absolute Gasteiger partial charge is 0.508 e. The third-order valence-corrected chi connectivity index (χ3v) is 5.58. The van der Waals surface area contributed by atoms with Crippen molar-refractivity contribution in [2.24, 2.45) is 0 Å².